The Bertz CT molecular complexity index is 579. The Morgan fingerprint density at radius 2 is 1.86 bits per heavy atom. The third-order valence-corrected chi connectivity index (χ3v) is 5.03. The van der Waals surface area contributed by atoms with Crippen LogP contribution < -0.4 is 16.0 Å². The van der Waals surface area contributed by atoms with Crippen LogP contribution >= 0.6 is 0 Å². The third-order valence-electron chi connectivity index (χ3n) is 5.03. The van der Waals surface area contributed by atoms with E-state index in [1.54, 1.807) is 4.90 Å². The van der Waals surface area contributed by atoms with Gasteiger partial charge in [-0.2, -0.15) is 0 Å². The summed E-state index contributed by atoms with van der Waals surface area (Å²) in [4.78, 5) is 25.5. The number of para-hydroxylation sites is 1. The highest BCUT2D eigenvalue weighted by atomic mass is 16.2. The predicted octanol–water partition coefficient (Wildman–Crippen LogP) is 1.31. The Morgan fingerprint density at radius 1 is 1.14 bits per heavy atom. The second-order valence-electron chi connectivity index (χ2n) is 6.27. The Balaban J connectivity index is 2.02. The molecule has 5 nitrogen and oxygen atoms in total. The standard InChI is InChI=1S/C17H23N3O2/c18-12-17(8-4-1-5-9-17)13-6-2-3-7-14(13)20-11-10-19-15(21)16(20)22/h2-3,6-7H,1,4-5,8-12,18H2,(H,19,21). The molecule has 2 amide bonds. The fourth-order valence-corrected chi connectivity index (χ4v) is 3.78. The minimum Gasteiger partial charge on any atom is -0.346 e. The Morgan fingerprint density at radius 3 is 2.59 bits per heavy atom. The van der Waals surface area contributed by atoms with E-state index in [-0.39, 0.29) is 5.41 Å². The molecule has 2 fully saturated rings. The minimum atomic E-state index is -0.522. The van der Waals surface area contributed by atoms with Crippen molar-refractivity contribution in [2.45, 2.75) is 37.5 Å². The molecule has 1 aliphatic heterocycles. The normalized spacial score (nSPS) is 21.6. The third kappa shape index (κ3) is 2.50. The van der Waals surface area contributed by atoms with Crippen LogP contribution in [0.15, 0.2) is 24.3 Å². The first-order chi connectivity index (χ1) is 10.7. The lowest BCUT2D eigenvalue weighted by Gasteiger charge is -2.40. The van der Waals surface area contributed by atoms with Gasteiger partial charge in [-0.15, -0.1) is 0 Å². The maximum absolute atomic E-state index is 12.2. The number of benzene rings is 1. The minimum absolute atomic E-state index is 0.0664. The fourth-order valence-electron chi connectivity index (χ4n) is 3.78. The van der Waals surface area contributed by atoms with Crippen molar-refractivity contribution in [3.8, 4) is 0 Å². The van der Waals surface area contributed by atoms with Gasteiger partial charge in [-0.1, -0.05) is 37.5 Å². The van der Waals surface area contributed by atoms with Gasteiger partial charge in [-0.25, -0.2) is 0 Å². The molecule has 0 spiro atoms. The Hall–Kier alpha value is -1.88. The molecule has 0 radical (unpaired) electrons. The van der Waals surface area contributed by atoms with E-state index in [1.807, 2.05) is 18.2 Å². The number of amides is 2. The molecule has 1 saturated carbocycles. The van der Waals surface area contributed by atoms with Crippen LogP contribution in [0.4, 0.5) is 5.69 Å². The van der Waals surface area contributed by atoms with Crippen molar-refractivity contribution in [2.75, 3.05) is 24.5 Å². The lowest BCUT2D eigenvalue weighted by Crippen LogP contribution is -2.53. The van der Waals surface area contributed by atoms with Crippen LogP contribution in [0, 0.1) is 0 Å². The molecular weight excluding hydrogens is 278 g/mol. The molecule has 1 heterocycles. The summed E-state index contributed by atoms with van der Waals surface area (Å²) in [7, 11) is 0. The summed E-state index contributed by atoms with van der Waals surface area (Å²) in [6, 6.07) is 7.94. The first kappa shape index (κ1) is 15.0. The van der Waals surface area contributed by atoms with E-state index in [2.05, 4.69) is 11.4 Å². The van der Waals surface area contributed by atoms with Crippen molar-refractivity contribution in [1.29, 1.82) is 0 Å². The van der Waals surface area contributed by atoms with Gasteiger partial charge in [-0.3, -0.25) is 9.59 Å². The van der Waals surface area contributed by atoms with Crippen molar-refractivity contribution < 1.29 is 9.59 Å². The first-order valence-corrected chi connectivity index (χ1v) is 8.07. The number of carbonyl (C=O) groups excluding carboxylic acids is 2. The van der Waals surface area contributed by atoms with Crippen molar-refractivity contribution >= 4 is 17.5 Å². The maximum Gasteiger partial charge on any atom is 0.316 e. The van der Waals surface area contributed by atoms with Crippen LogP contribution in [0.1, 0.15) is 37.7 Å². The number of anilines is 1. The van der Waals surface area contributed by atoms with E-state index in [4.69, 9.17) is 5.73 Å². The lowest BCUT2D eigenvalue weighted by atomic mass is 9.69. The van der Waals surface area contributed by atoms with Gasteiger partial charge in [-0.05, 0) is 24.5 Å². The lowest BCUT2D eigenvalue weighted by molar-refractivity contribution is -0.138. The van der Waals surface area contributed by atoms with Gasteiger partial charge in [0.15, 0.2) is 0 Å². The number of hydrogen-bond donors (Lipinski definition) is 2. The number of nitrogens with zero attached hydrogens (tertiary/aromatic N) is 1. The van der Waals surface area contributed by atoms with Gasteiger partial charge < -0.3 is 16.0 Å². The maximum atomic E-state index is 12.2. The van der Waals surface area contributed by atoms with Crippen LogP contribution in [0.2, 0.25) is 0 Å². The van der Waals surface area contributed by atoms with Gasteiger partial charge in [0.05, 0.1) is 0 Å². The van der Waals surface area contributed by atoms with E-state index in [1.165, 1.54) is 19.3 Å². The van der Waals surface area contributed by atoms with Crippen LogP contribution in [0.5, 0.6) is 0 Å². The van der Waals surface area contributed by atoms with Crippen LogP contribution in [0.3, 0.4) is 0 Å². The van der Waals surface area contributed by atoms with Gasteiger partial charge in [0.1, 0.15) is 0 Å². The second kappa shape index (κ2) is 6.08. The van der Waals surface area contributed by atoms with E-state index in [9.17, 15) is 9.59 Å². The molecule has 1 aromatic carbocycles. The number of rotatable bonds is 3. The number of nitrogens with two attached hydrogens (primary N) is 1. The number of hydrogen-bond acceptors (Lipinski definition) is 3. The SMILES string of the molecule is NCC1(c2ccccc2N2CCNC(=O)C2=O)CCCCC1. The van der Waals surface area contributed by atoms with E-state index in [0.717, 1.165) is 24.1 Å². The molecule has 3 rings (SSSR count). The summed E-state index contributed by atoms with van der Waals surface area (Å²) in [6.07, 6.45) is 5.68. The number of piperazine rings is 1. The molecule has 22 heavy (non-hydrogen) atoms. The van der Waals surface area contributed by atoms with Crippen molar-refractivity contribution in [3.05, 3.63) is 29.8 Å². The summed E-state index contributed by atoms with van der Waals surface area (Å²) < 4.78 is 0. The van der Waals surface area contributed by atoms with Gasteiger partial charge in [0, 0.05) is 30.7 Å². The molecule has 0 unspecified atom stereocenters. The summed E-state index contributed by atoms with van der Waals surface area (Å²) in [5.41, 5.74) is 8.06. The molecule has 118 valence electrons. The van der Waals surface area contributed by atoms with E-state index in [0.29, 0.717) is 19.6 Å². The molecule has 0 bridgehead atoms. The monoisotopic (exact) mass is 301 g/mol. The second-order valence-corrected chi connectivity index (χ2v) is 6.27. The quantitative estimate of drug-likeness (QED) is 0.827. The van der Waals surface area contributed by atoms with Gasteiger partial charge >= 0.3 is 11.8 Å². The summed E-state index contributed by atoms with van der Waals surface area (Å²) in [6.45, 7) is 1.59. The highest BCUT2D eigenvalue weighted by Crippen LogP contribution is 2.42. The van der Waals surface area contributed by atoms with Crippen LogP contribution in [-0.2, 0) is 15.0 Å². The molecule has 0 atom stereocenters. The average Bonchev–Trinajstić information content (AvgIpc) is 2.58. The molecule has 3 N–H and O–H groups in total. The average molecular weight is 301 g/mol. The molecule has 0 aromatic heterocycles. The van der Waals surface area contributed by atoms with Gasteiger partial charge in [0.2, 0.25) is 0 Å². The summed E-state index contributed by atoms with van der Waals surface area (Å²) in [5.74, 6) is -0.992. The highest BCUT2D eigenvalue weighted by molar-refractivity contribution is 6.41. The Labute approximate surface area is 130 Å². The Kier molecular flexibility index (Phi) is 4.16. The summed E-state index contributed by atoms with van der Waals surface area (Å²) in [5, 5.41) is 2.60. The predicted molar refractivity (Wildman–Crippen MR) is 85.6 cm³/mol. The molecule has 2 aliphatic rings. The van der Waals surface area contributed by atoms with E-state index >= 15 is 0 Å². The highest BCUT2D eigenvalue weighted by Gasteiger charge is 2.37. The summed E-state index contributed by atoms with van der Waals surface area (Å²) >= 11 is 0. The van der Waals surface area contributed by atoms with E-state index < -0.39 is 11.8 Å². The van der Waals surface area contributed by atoms with Crippen LogP contribution in [-0.4, -0.2) is 31.4 Å². The molecule has 1 saturated heterocycles. The number of nitrogens with one attached hydrogen (secondary N) is 1. The molecule has 1 aliphatic carbocycles. The molecular formula is C17H23N3O2. The molecule has 5 heteroatoms. The van der Waals surface area contributed by atoms with Crippen LogP contribution in [0.25, 0.3) is 0 Å². The fraction of sp³-hybridized carbons (Fsp3) is 0.529. The topological polar surface area (TPSA) is 75.4 Å². The molecule has 1 aromatic rings. The zero-order valence-electron chi connectivity index (χ0n) is 12.8. The van der Waals surface area contributed by atoms with Gasteiger partial charge in [0.25, 0.3) is 0 Å². The first-order valence-electron chi connectivity index (χ1n) is 8.07. The number of carbonyl (C=O) groups is 2. The van der Waals surface area contributed by atoms with Crippen molar-refractivity contribution in [1.82, 2.24) is 5.32 Å². The van der Waals surface area contributed by atoms with Crippen molar-refractivity contribution in [3.63, 3.8) is 0 Å². The zero-order chi connectivity index (χ0) is 15.6. The smallest absolute Gasteiger partial charge is 0.316 e. The van der Waals surface area contributed by atoms with Crippen molar-refractivity contribution in [2.24, 2.45) is 5.73 Å². The largest absolute Gasteiger partial charge is 0.346 e. The zero-order valence-corrected chi connectivity index (χ0v) is 12.8.